The SMILES string of the molecule is COc1ccc(S(=O)(=O)[O-])cc1.Cc1ccc2ccccc2[n+]1C. The topological polar surface area (TPSA) is 70.3 Å². The number of aryl methyl sites for hydroxylation is 2. The number of rotatable bonds is 2. The fraction of sp³-hybridized carbons (Fsp3) is 0.167. The summed E-state index contributed by atoms with van der Waals surface area (Å²) in [6.07, 6.45) is 0. The van der Waals surface area contributed by atoms with Crippen molar-refractivity contribution < 1.29 is 22.3 Å². The summed E-state index contributed by atoms with van der Waals surface area (Å²) in [7, 11) is -0.779. The van der Waals surface area contributed by atoms with Crippen LogP contribution >= 0.6 is 0 Å². The Morgan fingerprint density at radius 2 is 1.58 bits per heavy atom. The van der Waals surface area contributed by atoms with Crippen LogP contribution < -0.4 is 9.30 Å². The van der Waals surface area contributed by atoms with Crippen molar-refractivity contribution in [2.24, 2.45) is 7.05 Å². The fourth-order valence-electron chi connectivity index (χ4n) is 2.19. The number of ether oxygens (including phenoxy) is 1. The number of nitrogens with zero attached hydrogens (tertiary/aromatic N) is 1. The molecule has 0 N–H and O–H groups in total. The Balaban J connectivity index is 0.000000174. The van der Waals surface area contributed by atoms with E-state index in [1.807, 2.05) is 0 Å². The monoisotopic (exact) mass is 345 g/mol. The van der Waals surface area contributed by atoms with Gasteiger partial charge in [0.15, 0.2) is 5.69 Å². The van der Waals surface area contributed by atoms with E-state index >= 15 is 0 Å². The van der Waals surface area contributed by atoms with Crippen LogP contribution in [0.25, 0.3) is 10.9 Å². The molecule has 0 saturated carbocycles. The summed E-state index contributed by atoms with van der Waals surface area (Å²) in [5.41, 5.74) is 2.58. The molecule has 0 bridgehead atoms. The van der Waals surface area contributed by atoms with Crippen LogP contribution in [-0.4, -0.2) is 20.1 Å². The van der Waals surface area contributed by atoms with E-state index in [1.54, 1.807) is 0 Å². The predicted octanol–water partition coefficient (Wildman–Crippen LogP) is 2.57. The number of benzene rings is 2. The summed E-state index contributed by atoms with van der Waals surface area (Å²) in [4.78, 5) is -0.247. The summed E-state index contributed by atoms with van der Waals surface area (Å²) in [6.45, 7) is 2.12. The van der Waals surface area contributed by atoms with Gasteiger partial charge in [0.1, 0.15) is 22.9 Å². The first-order chi connectivity index (χ1) is 11.3. The molecule has 0 spiro atoms. The predicted molar refractivity (Wildman–Crippen MR) is 90.8 cm³/mol. The normalized spacial score (nSPS) is 10.8. The van der Waals surface area contributed by atoms with E-state index in [-0.39, 0.29) is 4.90 Å². The molecule has 1 heterocycles. The number of fused-ring (bicyclic) bond motifs is 1. The van der Waals surface area contributed by atoms with Gasteiger partial charge in [0.05, 0.1) is 12.0 Å². The minimum Gasteiger partial charge on any atom is -0.744 e. The highest BCUT2D eigenvalue weighted by atomic mass is 32.2. The van der Waals surface area contributed by atoms with Crippen LogP contribution in [0.5, 0.6) is 5.75 Å². The van der Waals surface area contributed by atoms with E-state index in [9.17, 15) is 13.0 Å². The van der Waals surface area contributed by atoms with Crippen molar-refractivity contribution in [2.75, 3.05) is 7.11 Å². The second-order valence-electron chi connectivity index (χ2n) is 5.22. The molecule has 0 amide bonds. The lowest BCUT2D eigenvalue weighted by Gasteiger charge is -2.06. The van der Waals surface area contributed by atoms with Crippen molar-refractivity contribution in [3.8, 4) is 5.75 Å². The second kappa shape index (κ2) is 7.42. The lowest BCUT2D eigenvalue weighted by atomic mass is 10.2. The standard InChI is InChI=1S/C11H12N.C7H8O4S/c1-9-7-8-10-5-3-4-6-11(10)12(9)2;1-11-6-2-4-7(5-3-6)12(8,9)10/h3-8H,1-2H3;2-5H,1H3,(H,8,9,10)/q+1;/p-1. The molecule has 126 valence electrons. The molecule has 0 fully saturated rings. The molecule has 2 aromatic carbocycles. The van der Waals surface area contributed by atoms with Crippen LogP contribution in [0.3, 0.4) is 0 Å². The van der Waals surface area contributed by atoms with Gasteiger partial charge in [0.25, 0.3) is 0 Å². The number of pyridine rings is 1. The Labute approximate surface area is 141 Å². The minimum atomic E-state index is -4.33. The van der Waals surface area contributed by atoms with Gasteiger partial charge in [-0.25, -0.2) is 8.42 Å². The van der Waals surface area contributed by atoms with E-state index in [2.05, 4.69) is 54.9 Å². The molecule has 0 unspecified atom stereocenters. The Bertz CT molecular complexity index is 935. The molecule has 24 heavy (non-hydrogen) atoms. The summed E-state index contributed by atoms with van der Waals surface area (Å²) in [6, 6.07) is 18.0. The highest BCUT2D eigenvalue weighted by Crippen LogP contribution is 2.14. The van der Waals surface area contributed by atoms with Gasteiger partial charge in [0, 0.05) is 24.4 Å². The van der Waals surface area contributed by atoms with Crippen LogP contribution in [0.1, 0.15) is 5.69 Å². The third kappa shape index (κ3) is 4.31. The largest absolute Gasteiger partial charge is 0.744 e. The molecule has 0 radical (unpaired) electrons. The van der Waals surface area contributed by atoms with Crippen molar-refractivity contribution in [3.05, 3.63) is 66.4 Å². The van der Waals surface area contributed by atoms with Crippen LogP contribution in [0, 0.1) is 6.92 Å². The quantitative estimate of drug-likeness (QED) is 0.529. The highest BCUT2D eigenvalue weighted by Gasteiger charge is 2.05. The van der Waals surface area contributed by atoms with Gasteiger partial charge in [-0.2, -0.15) is 4.57 Å². The van der Waals surface area contributed by atoms with E-state index < -0.39 is 10.1 Å². The van der Waals surface area contributed by atoms with E-state index in [0.717, 1.165) is 0 Å². The Kier molecular flexibility index (Phi) is 5.54. The first-order valence-corrected chi connectivity index (χ1v) is 8.68. The van der Waals surface area contributed by atoms with E-state index in [1.165, 1.54) is 48.0 Å². The van der Waals surface area contributed by atoms with Gasteiger partial charge in [-0.1, -0.05) is 12.1 Å². The maximum Gasteiger partial charge on any atom is 0.212 e. The molecule has 6 heteroatoms. The molecule has 0 aliphatic heterocycles. The van der Waals surface area contributed by atoms with E-state index in [0.29, 0.717) is 5.75 Å². The molecular weight excluding hydrogens is 326 g/mol. The van der Waals surface area contributed by atoms with Gasteiger partial charge < -0.3 is 9.29 Å². The first kappa shape index (κ1) is 17.9. The number of aromatic nitrogens is 1. The average Bonchev–Trinajstić information content (AvgIpc) is 2.58. The maximum absolute atomic E-state index is 10.4. The van der Waals surface area contributed by atoms with Crippen LogP contribution in [0.15, 0.2) is 65.6 Å². The molecule has 3 rings (SSSR count). The van der Waals surface area contributed by atoms with Crippen molar-refractivity contribution in [2.45, 2.75) is 11.8 Å². The van der Waals surface area contributed by atoms with Gasteiger partial charge in [-0.15, -0.1) is 0 Å². The summed E-state index contributed by atoms with van der Waals surface area (Å²) in [5, 5.41) is 1.30. The molecule has 0 aliphatic rings. The smallest absolute Gasteiger partial charge is 0.212 e. The molecular formula is C18H19NO4S. The van der Waals surface area contributed by atoms with Gasteiger partial charge in [-0.05, 0) is 36.4 Å². The molecule has 0 aliphatic carbocycles. The Morgan fingerprint density at radius 3 is 2.17 bits per heavy atom. The van der Waals surface area contributed by atoms with Gasteiger partial charge in [0.2, 0.25) is 5.52 Å². The minimum absolute atomic E-state index is 0.247. The van der Waals surface area contributed by atoms with E-state index in [4.69, 9.17) is 4.74 Å². The van der Waals surface area contributed by atoms with Crippen molar-refractivity contribution in [1.82, 2.24) is 0 Å². The number of para-hydroxylation sites is 1. The summed E-state index contributed by atoms with van der Waals surface area (Å²) < 4.78 is 38.3. The maximum atomic E-state index is 10.4. The third-order valence-electron chi connectivity index (χ3n) is 3.68. The molecule has 0 saturated heterocycles. The zero-order valence-electron chi connectivity index (χ0n) is 13.8. The highest BCUT2D eigenvalue weighted by molar-refractivity contribution is 7.85. The number of methoxy groups -OCH3 is 1. The van der Waals surface area contributed by atoms with Crippen LogP contribution in [0.2, 0.25) is 0 Å². The Hall–Kier alpha value is -2.44. The van der Waals surface area contributed by atoms with Crippen molar-refractivity contribution in [1.29, 1.82) is 0 Å². The zero-order chi connectivity index (χ0) is 17.7. The van der Waals surface area contributed by atoms with Crippen molar-refractivity contribution >= 4 is 21.0 Å². The molecule has 3 aromatic rings. The average molecular weight is 345 g/mol. The molecule has 1 aromatic heterocycles. The van der Waals surface area contributed by atoms with Crippen LogP contribution in [0.4, 0.5) is 0 Å². The van der Waals surface area contributed by atoms with Gasteiger partial charge >= 0.3 is 0 Å². The number of hydrogen-bond acceptors (Lipinski definition) is 4. The lowest BCUT2D eigenvalue weighted by molar-refractivity contribution is -0.651. The summed E-state index contributed by atoms with van der Waals surface area (Å²) >= 11 is 0. The summed E-state index contributed by atoms with van der Waals surface area (Å²) in [5.74, 6) is 0.516. The van der Waals surface area contributed by atoms with Crippen molar-refractivity contribution in [3.63, 3.8) is 0 Å². The van der Waals surface area contributed by atoms with Crippen LogP contribution in [-0.2, 0) is 17.2 Å². The Morgan fingerprint density at radius 1 is 0.958 bits per heavy atom. The lowest BCUT2D eigenvalue weighted by Crippen LogP contribution is -2.32. The number of hydrogen-bond donors (Lipinski definition) is 0. The third-order valence-corrected chi connectivity index (χ3v) is 4.53. The van der Waals surface area contributed by atoms with Gasteiger partial charge in [-0.3, -0.25) is 0 Å². The second-order valence-corrected chi connectivity index (χ2v) is 6.60. The fourth-order valence-corrected chi connectivity index (χ4v) is 2.66. The molecule has 0 atom stereocenters. The zero-order valence-corrected chi connectivity index (χ0v) is 14.6. The molecule has 5 nitrogen and oxygen atoms in total. The first-order valence-electron chi connectivity index (χ1n) is 7.27.